The maximum Gasteiger partial charge on any atom is 0.334 e. The van der Waals surface area contributed by atoms with Crippen LogP contribution in [0.4, 0.5) is 0 Å². The lowest BCUT2D eigenvalue weighted by atomic mass is 10.4. The molecule has 0 saturated carbocycles. The molecule has 0 unspecified atom stereocenters. The highest BCUT2D eigenvalue weighted by molar-refractivity contribution is 6.27. The first-order valence-corrected chi connectivity index (χ1v) is 3.10. The van der Waals surface area contributed by atoms with Crippen LogP contribution in [0.25, 0.3) is 0 Å². The quantitative estimate of drug-likeness (QED) is 0.440. The summed E-state index contributed by atoms with van der Waals surface area (Å²) in [5.41, 5.74) is 1.64. The Balaban J connectivity index is 3.74. The fraction of sp³-hybridized carbons (Fsp3) is 0.500. The topological polar surface area (TPSA) is 26.3 Å². The van der Waals surface area contributed by atoms with E-state index >= 15 is 0 Å². The van der Waals surface area contributed by atoms with Crippen molar-refractivity contribution in [2.24, 2.45) is 0 Å². The third kappa shape index (κ3) is 3.14. The van der Waals surface area contributed by atoms with Crippen molar-refractivity contribution in [1.29, 1.82) is 0 Å². The van der Waals surface area contributed by atoms with Crippen LogP contribution in [0.2, 0.25) is 0 Å². The van der Waals surface area contributed by atoms with Crippen molar-refractivity contribution in [3.05, 3.63) is 11.1 Å². The van der Waals surface area contributed by atoms with Crippen molar-refractivity contribution >= 4 is 17.6 Å². The summed E-state index contributed by atoms with van der Waals surface area (Å²) in [6.07, 6.45) is 0. The average molecular weight is 149 g/mol. The van der Waals surface area contributed by atoms with Gasteiger partial charge in [0.2, 0.25) is 0 Å². The summed E-state index contributed by atoms with van der Waals surface area (Å²) in [6, 6.07) is 0. The van der Waals surface area contributed by atoms with Gasteiger partial charge in [0.15, 0.2) is 0 Å². The molecule has 0 radical (unpaired) electrons. The molecule has 0 saturated heterocycles. The molecule has 0 bridgehead atoms. The lowest BCUT2D eigenvalue weighted by Crippen LogP contribution is -2.04. The van der Waals surface area contributed by atoms with E-state index in [4.69, 9.17) is 11.6 Å². The Morgan fingerprint density at radius 1 is 1.78 bits per heavy atom. The Labute approximate surface area is 59.5 Å². The molecule has 0 fully saturated rings. The molecule has 0 aromatic carbocycles. The third-order valence-electron chi connectivity index (χ3n) is 0.761. The standard InChI is InChI=1S/C6H9ClO2/c1-3-9-6(8)5(2)4-7/h4H,3H2,1-2H3. The second kappa shape index (κ2) is 4.39. The van der Waals surface area contributed by atoms with Crippen molar-refractivity contribution in [3.8, 4) is 0 Å². The number of hydrogen-bond donors (Lipinski definition) is 0. The zero-order chi connectivity index (χ0) is 7.28. The summed E-state index contributed by atoms with van der Waals surface area (Å²) in [6.45, 7) is 3.74. The van der Waals surface area contributed by atoms with Crippen LogP contribution in [0.1, 0.15) is 13.8 Å². The van der Waals surface area contributed by atoms with E-state index in [9.17, 15) is 4.79 Å². The highest BCUT2D eigenvalue weighted by Gasteiger charge is 2.01. The molecule has 0 heterocycles. The van der Waals surface area contributed by atoms with E-state index in [0.29, 0.717) is 12.2 Å². The second-order valence-electron chi connectivity index (χ2n) is 1.51. The van der Waals surface area contributed by atoms with Gasteiger partial charge in [-0.15, -0.1) is 0 Å². The van der Waals surface area contributed by atoms with Crippen molar-refractivity contribution in [2.75, 3.05) is 6.61 Å². The van der Waals surface area contributed by atoms with Crippen molar-refractivity contribution in [3.63, 3.8) is 0 Å². The Morgan fingerprint density at radius 3 is 2.67 bits per heavy atom. The van der Waals surface area contributed by atoms with Gasteiger partial charge in [-0.1, -0.05) is 11.6 Å². The molecular weight excluding hydrogens is 140 g/mol. The van der Waals surface area contributed by atoms with Crippen LogP contribution in [-0.2, 0) is 9.53 Å². The highest BCUT2D eigenvalue weighted by Crippen LogP contribution is 1.97. The van der Waals surface area contributed by atoms with Gasteiger partial charge in [-0.3, -0.25) is 0 Å². The monoisotopic (exact) mass is 148 g/mol. The summed E-state index contributed by atoms with van der Waals surface area (Å²) in [4.78, 5) is 10.6. The van der Waals surface area contributed by atoms with E-state index in [1.54, 1.807) is 13.8 Å². The van der Waals surface area contributed by atoms with E-state index in [-0.39, 0.29) is 5.97 Å². The number of carbonyl (C=O) groups is 1. The summed E-state index contributed by atoms with van der Waals surface area (Å²) in [5.74, 6) is -0.354. The fourth-order valence-electron chi connectivity index (χ4n) is 0.289. The fourth-order valence-corrected chi connectivity index (χ4v) is 0.379. The van der Waals surface area contributed by atoms with Gasteiger partial charge >= 0.3 is 5.97 Å². The van der Waals surface area contributed by atoms with Gasteiger partial charge in [-0.05, 0) is 13.8 Å². The van der Waals surface area contributed by atoms with Crippen LogP contribution >= 0.6 is 11.6 Å². The first-order chi connectivity index (χ1) is 4.22. The Hall–Kier alpha value is -0.500. The van der Waals surface area contributed by atoms with Gasteiger partial charge in [-0.25, -0.2) is 4.79 Å². The number of hydrogen-bond acceptors (Lipinski definition) is 2. The van der Waals surface area contributed by atoms with E-state index in [0.717, 1.165) is 0 Å². The summed E-state index contributed by atoms with van der Waals surface area (Å²) < 4.78 is 4.60. The third-order valence-corrected chi connectivity index (χ3v) is 1.09. The molecule has 52 valence electrons. The minimum absolute atomic E-state index is 0.354. The molecule has 0 N–H and O–H groups in total. The van der Waals surface area contributed by atoms with Crippen LogP contribution < -0.4 is 0 Å². The van der Waals surface area contributed by atoms with E-state index in [1.165, 1.54) is 5.54 Å². The van der Waals surface area contributed by atoms with Crippen LogP contribution in [0, 0.1) is 0 Å². The summed E-state index contributed by atoms with van der Waals surface area (Å²) in [7, 11) is 0. The van der Waals surface area contributed by atoms with Crippen molar-refractivity contribution in [2.45, 2.75) is 13.8 Å². The Morgan fingerprint density at radius 2 is 2.33 bits per heavy atom. The first kappa shape index (κ1) is 8.50. The lowest BCUT2D eigenvalue weighted by molar-refractivity contribution is -0.138. The Kier molecular flexibility index (Phi) is 4.14. The molecule has 3 heteroatoms. The van der Waals surface area contributed by atoms with Crippen LogP contribution in [0.15, 0.2) is 11.1 Å². The van der Waals surface area contributed by atoms with E-state index in [2.05, 4.69) is 4.74 Å². The molecule has 0 amide bonds. The number of halogens is 1. The average Bonchev–Trinajstić information content (AvgIpc) is 1.87. The molecule has 9 heavy (non-hydrogen) atoms. The number of rotatable bonds is 2. The smallest absolute Gasteiger partial charge is 0.334 e. The largest absolute Gasteiger partial charge is 0.463 e. The van der Waals surface area contributed by atoms with Crippen LogP contribution in [0.5, 0.6) is 0 Å². The van der Waals surface area contributed by atoms with Gasteiger partial charge in [-0.2, -0.15) is 0 Å². The summed E-state index contributed by atoms with van der Waals surface area (Å²) in [5, 5.41) is 0. The number of esters is 1. The highest BCUT2D eigenvalue weighted by atomic mass is 35.5. The van der Waals surface area contributed by atoms with E-state index < -0.39 is 0 Å². The first-order valence-electron chi connectivity index (χ1n) is 2.66. The molecular formula is C6H9ClO2. The van der Waals surface area contributed by atoms with Crippen molar-refractivity contribution < 1.29 is 9.53 Å². The summed E-state index contributed by atoms with van der Waals surface area (Å²) >= 11 is 5.22. The number of ether oxygens (including phenoxy) is 1. The maximum absolute atomic E-state index is 10.6. The predicted molar refractivity (Wildman–Crippen MR) is 36.2 cm³/mol. The molecule has 0 spiro atoms. The van der Waals surface area contributed by atoms with Crippen LogP contribution in [-0.4, -0.2) is 12.6 Å². The molecule has 2 nitrogen and oxygen atoms in total. The van der Waals surface area contributed by atoms with Crippen molar-refractivity contribution in [1.82, 2.24) is 0 Å². The minimum Gasteiger partial charge on any atom is -0.463 e. The van der Waals surface area contributed by atoms with Crippen LogP contribution in [0.3, 0.4) is 0 Å². The van der Waals surface area contributed by atoms with Gasteiger partial charge in [0.05, 0.1) is 6.61 Å². The van der Waals surface area contributed by atoms with Gasteiger partial charge in [0.25, 0.3) is 0 Å². The zero-order valence-corrected chi connectivity index (χ0v) is 6.23. The molecule has 0 aliphatic heterocycles. The molecule has 0 rings (SSSR count). The predicted octanol–water partition coefficient (Wildman–Crippen LogP) is 1.69. The molecule has 0 atom stereocenters. The van der Waals surface area contributed by atoms with E-state index in [1.807, 2.05) is 0 Å². The SMILES string of the molecule is CCOC(=O)C(C)=CCl. The lowest BCUT2D eigenvalue weighted by Gasteiger charge is -1.97. The number of carbonyl (C=O) groups excluding carboxylic acids is 1. The molecule has 0 aromatic heterocycles. The van der Waals surface area contributed by atoms with Gasteiger partial charge in [0.1, 0.15) is 0 Å². The maximum atomic E-state index is 10.6. The van der Waals surface area contributed by atoms with Gasteiger partial charge < -0.3 is 4.74 Å². The molecule has 0 aliphatic rings. The van der Waals surface area contributed by atoms with Gasteiger partial charge in [0, 0.05) is 11.1 Å². The molecule has 0 aliphatic carbocycles. The zero-order valence-electron chi connectivity index (χ0n) is 5.48. The minimum atomic E-state index is -0.354. The second-order valence-corrected chi connectivity index (χ2v) is 1.73. The Bertz CT molecular complexity index is 129. The molecule has 0 aromatic rings. The normalized spacial score (nSPS) is 11.2.